The number of aliphatic imine (C=N–C) groups is 1. The van der Waals surface area contributed by atoms with Gasteiger partial charge < -0.3 is 15.5 Å². The van der Waals surface area contributed by atoms with Crippen molar-refractivity contribution in [1.29, 1.82) is 0 Å². The van der Waals surface area contributed by atoms with Crippen LogP contribution in [0.3, 0.4) is 0 Å². The lowest BCUT2D eigenvalue weighted by molar-refractivity contribution is 0.210. The molecule has 2 N–H and O–H groups in total. The maximum Gasteiger partial charge on any atom is 0.191 e. The molecule has 0 radical (unpaired) electrons. The Morgan fingerprint density at radius 3 is 2.79 bits per heavy atom. The molecule has 2 fully saturated rings. The van der Waals surface area contributed by atoms with Crippen molar-refractivity contribution < 1.29 is 0 Å². The van der Waals surface area contributed by atoms with Crippen LogP contribution in [0.2, 0.25) is 0 Å². The average Bonchev–Trinajstić information content (AvgIpc) is 2.92. The number of nitrogens with one attached hydrogen (secondary N) is 2. The standard InChI is InChI=1S/C14H28N4S/c1-15-14(17-10-13-6-4-8-19-13)16-9-12-5-3-7-18(2)11-12/h12-13H,3-11H2,1-2H3,(H2,15,16,17). The zero-order chi connectivity index (χ0) is 13.5. The Balaban J connectivity index is 1.64. The molecule has 2 saturated heterocycles. The van der Waals surface area contributed by atoms with E-state index in [1.165, 1.54) is 44.5 Å². The molecular formula is C14H28N4S. The molecule has 0 aromatic carbocycles. The van der Waals surface area contributed by atoms with Crippen molar-refractivity contribution in [3.63, 3.8) is 0 Å². The molecule has 0 aliphatic carbocycles. The topological polar surface area (TPSA) is 39.7 Å². The molecular weight excluding hydrogens is 256 g/mol. The number of guanidine groups is 1. The van der Waals surface area contributed by atoms with Gasteiger partial charge in [-0.1, -0.05) is 0 Å². The van der Waals surface area contributed by atoms with Crippen molar-refractivity contribution in [2.75, 3.05) is 46.0 Å². The molecule has 110 valence electrons. The fourth-order valence-corrected chi connectivity index (χ4v) is 4.12. The second-order valence-corrected chi connectivity index (χ2v) is 7.15. The molecule has 2 atom stereocenters. The summed E-state index contributed by atoms with van der Waals surface area (Å²) in [5.41, 5.74) is 0. The number of hydrogen-bond acceptors (Lipinski definition) is 3. The molecule has 2 unspecified atom stereocenters. The van der Waals surface area contributed by atoms with Crippen molar-refractivity contribution in [3.8, 4) is 0 Å². The first-order valence-electron chi connectivity index (χ1n) is 7.52. The summed E-state index contributed by atoms with van der Waals surface area (Å²) in [4.78, 5) is 6.76. The summed E-state index contributed by atoms with van der Waals surface area (Å²) in [5, 5.41) is 7.73. The van der Waals surface area contributed by atoms with Gasteiger partial charge in [-0.05, 0) is 50.9 Å². The molecule has 19 heavy (non-hydrogen) atoms. The monoisotopic (exact) mass is 284 g/mol. The molecule has 0 saturated carbocycles. The van der Waals surface area contributed by atoms with Crippen LogP contribution in [0, 0.1) is 5.92 Å². The van der Waals surface area contributed by atoms with E-state index >= 15 is 0 Å². The maximum absolute atomic E-state index is 4.32. The van der Waals surface area contributed by atoms with E-state index in [1.54, 1.807) is 0 Å². The van der Waals surface area contributed by atoms with E-state index in [1.807, 2.05) is 7.05 Å². The predicted octanol–water partition coefficient (Wildman–Crippen LogP) is 1.39. The molecule has 4 nitrogen and oxygen atoms in total. The van der Waals surface area contributed by atoms with Gasteiger partial charge >= 0.3 is 0 Å². The molecule has 2 rings (SSSR count). The van der Waals surface area contributed by atoms with Crippen LogP contribution < -0.4 is 10.6 Å². The van der Waals surface area contributed by atoms with Gasteiger partial charge in [-0.25, -0.2) is 0 Å². The molecule has 5 heteroatoms. The molecule has 0 aromatic heterocycles. The summed E-state index contributed by atoms with van der Waals surface area (Å²) >= 11 is 2.09. The second-order valence-electron chi connectivity index (χ2n) is 5.74. The third-order valence-corrected chi connectivity index (χ3v) is 5.42. The number of rotatable bonds is 4. The van der Waals surface area contributed by atoms with Crippen LogP contribution in [0.25, 0.3) is 0 Å². The third kappa shape index (κ3) is 5.22. The first-order chi connectivity index (χ1) is 9.28. The summed E-state index contributed by atoms with van der Waals surface area (Å²) in [5.74, 6) is 3.06. The van der Waals surface area contributed by atoms with Crippen molar-refractivity contribution in [1.82, 2.24) is 15.5 Å². The Kier molecular flexibility index (Phi) is 6.31. The van der Waals surface area contributed by atoms with Gasteiger partial charge in [-0.3, -0.25) is 4.99 Å². The number of piperidine rings is 1. The summed E-state index contributed by atoms with van der Waals surface area (Å²) < 4.78 is 0. The minimum Gasteiger partial charge on any atom is -0.356 e. The van der Waals surface area contributed by atoms with E-state index in [0.29, 0.717) is 0 Å². The summed E-state index contributed by atoms with van der Waals surface area (Å²) in [6.45, 7) is 4.56. The Hall–Kier alpha value is -0.420. The number of thioether (sulfide) groups is 1. The van der Waals surface area contributed by atoms with Crippen LogP contribution in [0.15, 0.2) is 4.99 Å². The van der Waals surface area contributed by atoms with Gasteiger partial charge in [0.2, 0.25) is 0 Å². The van der Waals surface area contributed by atoms with Crippen LogP contribution in [0.5, 0.6) is 0 Å². The van der Waals surface area contributed by atoms with Gasteiger partial charge in [0, 0.05) is 31.9 Å². The Morgan fingerprint density at radius 2 is 2.11 bits per heavy atom. The molecule has 0 aromatic rings. The molecule has 0 bridgehead atoms. The van der Waals surface area contributed by atoms with E-state index in [9.17, 15) is 0 Å². The molecule has 0 amide bonds. The Labute approximate surface area is 121 Å². The fraction of sp³-hybridized carbons (Fsp3) is 0.929. The van der Waals surface area contributed by atoms with Gasteiger partial charge in [0.15, 0.2) is 5.96 Å². The van der Waals surface area contributed by atoms with Gasteiger partial charge in [-0.15, -0.1) is 0 Å². The zero-order valence-electron chi connectivity index (χ0n) is 12.3. The van der Waals surface area contributed by atoms with Crippen molar-refractivity contribution >= 4 is 17.7 Å². The first kappa shape index (κ1) is 15.0. The van der Waals surface area contributed by atoms with E-state index in [4.69, 9.17) is 0 Å². The highest BCUT2D eigenvalue weighted by atomic mass is 32.2. The number of likely N-dealkylation sites (tertiary alicyclic amines) is 1. The molecule has 2 aliphatic heterocycles. The minimum absolute atomic E-state index is 0.762. The Bertz CT molecular complexity index is 289. The summed E-state index contributed by atoms with van der Waals surface area (Å²) in [7, 11) is 4.08. The lowest BCUT2D eigenvalue weighted by atomic mass is 9.99. The molecule has 2 aliphatic rings. The third-order valence-electron chi connectivity index (χ3n) is 4.03. The molecule has 2 heterocycles. The lowest BCUT2D eigenvalue weighted by Crippen LogP contribution is -2.44. The highest BCUT2D eigenvalue weighted by Gasteiger charge is 2.18. The summed E-state index contributed by atoms with van der Waals surface area (Å²) in [6, 6.07) is 0. The van der Waals surface area contributed by atoms with E-state index in [-0.39, 0.29) is 0 Å². The Morgan fingerprint density at radius 1 is 1.26 bits per heavy atom. The average molecular weight is 284 g/mol. The highest BCUT2D eigenvalue weighted by molar-refractivity contribution is 8.00. The van der Waals surface area contributed by atoms with Gasteiger partial charge in [0.1, 0.15) is 0 Å². The predicted molar refractivity (Wildman–Crippen MR) is 85.1 cm³/mol. The van der Waals surface area contributed by atoms with Crippen molar-refractivity contribution in [2.24, 2.45) is 10.9 Å². The van der Waals surface area contributed by atoms with Crippen LogP contribution in [-0.4, -0.2) is 62.1 Å². The quantitative estimate of drug-likeness (QED) is 0.604. The normalized spacial score (nSPS) is 29.5. The van der Waals surface area contributed by atoms with Gasteiger partial charge in [0.05, 0.1) is 0 Å². The van der Waals surface area contributed by atoms with E-state index in [2.05, 4.69) is 39.3 Å². The molecule has 0 spiro atoms. The summed E-state index contributed by atoms with van der Waals surface area (Å²) in [6.07, 6.45) is 5.39. The minimum atomic E-state index is 0.762. The SMILES string of the molecule is CN=C(NCC1CCCN(C)C1)NCC1CCCS1. The van der Waals surface area contributed by atoms with Crippen LogP contribution in [0.4, 0.5) is 0 Å². The van der Waals surface area contributed by atoms with Crippen molar-refractivity contribution in [2.45, 2.75) is 30.9 Å². The van der Waals surface area contributed by atoms with E-state index in [0.717, 1.165) is 30.2 Å². The second kappa shape index (κ2) is 8.00. The van der Waals surface area contributed by atoms with Crippen LogP contribution >= 0.6 is 11.8 Å². The van der Waals surface area contributed by atoms with Gasteiger partial charge in [-0.2, -0.15) is 11.8 Å². The fourth-order valence-electron chi connectivity index (χ4n) is 2.92. The number of nitrogens with zero attached hydrogens (tertiary/aromatic N) is 2. The largest absolute Gasteiger partial charge is 0.356 e. The van der Waals surface area contributed by atoms with E-state index < -0.39 is 0 Å². The highest BCUT2D eigenvalue weighted by Crippen LogP contribution is 2.25. The smallest absolute Gasteiger partial charge is 0.191 e. The maximum atomic E-state index is 4.32. The van der Waals surface area contributed by atoms with Gasteiger partial charge in [0.25, 0.3) is 0 Å². The lowest BCUT2D eigenvalue weighted by Gasteiger charge is -2.30. The van der Waals surface area contributed by atoms with Crippen LogP contribution in [0.1, 0.15) is 25.7 Å². The zero-order valence-corrected chi connectivity index (χ0v) is 13.1. The first-order valence-corrected chi connectivity index (χ1v) is 8.57. The number of hydrogen-bond donors (Lipinski definition) is 2. The van der Waals surface area contributed by atoms with Crippen molar-refractivity contribution in [3.05, 3.63) is 0 Å². The van der Waals surface area contributed by atoms with Crippen LogP contribution in [-0.2, 0) is 0 Å².